The van der Waals surface area contributed by atoms with Gasteiger partial charge in [0.25, 0.3) is 0 Å². The number of thiazole rings is 1. The number of nitrogens with zero attached hydrogens (tertiary/aromatic N) is 3. The summed E-state index contributed by atoms with van der Waals surface area (Å²) in [7, 11) is 0. The number of carboxylic acid groups (broad SMARTS) is 1. The van der Waals surface area contributed by atoms with Crippen molar-refractivity contribution in [3.8, 4) is 10.6 Å². The van der Waals surface area contributed by atoms with E-state index in [2.05, 4.69) is 20.3 Å². The normalized spacial score (nSPS) is 26.0. The van der Waals surface area contributed by atoms with E-state index in [4.69, 9.17) is 0 Å². The number of aliphatic carboxylic acids is 1. The van der Waals surface area contributed by atoms with E-state index < -0.39 is 29.2 Å². The number of fused-ring (bicyclic) bond motifs is 2. The van der Waals surface area contributed by atoms with Crippen molar-refractivity contribution < 1.29 is 28.2 Å². The molecule has 7 nitrogen and oxygen atoms in total. The fraction of sp³-hybridized carbons (Fsp3) is 0.417. The Morgan fingerprint density at radius 3 is 2.51 bits per heavy atom. The van der Waals surface area contributed by atoms with Gasteiger partial charge in [-0.05, 0) is 74.3 Å². The van der Waals surface area contributed by atoms with Crippen molar-refractivity contribution >= 4 is 28.9 Å². The van der Waals surface area contributed by atoms with Crippen LogP contribution in [0.15, 0.2) is 36.7 Å². The minimum absolute atomic E-state index is 0.0221. The second-order valence-electron chi connectivity index (χ2n) is 9.40. The average molecular weight is 505 g/mol. The van der Waals surface area contributed by atoms with Crippen molar-refractivity contribution in [3.63, 3.8) is 0 Å². The molecular weight excluding hydrogens is 481 g/mol. The van der Waals surface area contributed by atoms with Crippen LogP contribution in [-0.2, 0) is 16.6 Å². The van der Waals surface area contributed by atoms with Crippen molar-refractivity contribution in [2.24, 2.45) is 17.8 Å². The number of alkyl halides is 3. The lowest BCUT2D eigenvalue weighted by atomic mass is 9.71. The molecule has 0 radical (unpaired) electrons. The summed E-state index contributed by atoms with van der Waals surface area (Å²) in [4.78, 5) is 25.3. The zero-order chi connectivity index (χ0) is 25.0. The van der Waals surface area contributed by atoms with Crippen LogP contribution in [0.3, 0.4) is 0 Å². The molecule has 2 aliphatic rings. The van der Waals surface area contributed by atoms with Gasteiger partial charge in [-0.15, -0.1) is 11.3 Å². The van der Waals surface area contributed by atoms with Crippen LogP contribution in [0.2, 0.25) is 0 Å². The maximum atomic E-state index is 13.0. The second kappa shape index (κ2) is 8.56. The van der Waals surface area contributed by atoms with Gasteiger partial charge in [0.15, 0.2) is 0 Å². The number of halogens is 3. The van der Waals surface area contributed by atoms with Gasteiger partial charge in [0, 0.05) is 12.4 Å². The third-order valence-electron chi connectivity index (χ3n) is 6.88. The summed E-state index contributed by atoms with van der Waals surface area (Å²) < 4.78 is 39.1. The van der Waals surface area contributed by atoms with Gasteiger partial charge in [0.1, 0.15) is 22.2 Å². The number of pyridine rings is 2. The molecule has 184 valence electrons. The Labute approximate surface area is 203 Å². The van der Waals surface area contributed by atoms with E-state index in [0.29, 0.717) is 34.2 Å². The molecule has 3 unspecified atom stereocenters. The molecular formula is C24H23F3N4O3S. The van der Waals surface area contributed by atoms with E-state index in [0.717, 1.165) is 36.7 Å². The molecule has 2 saturated carbocycles. The smallest absolute Gasteiger partial charge is 0.416 e. The van der Waals surface area contributed by atoms with Crippen LogP contribution in [-0.4, -0.2) is 31.1 Å². The molecule has 2 bridgehead atoms. The number of carbonyl (C=O) groups is 1. The molecule has 2 aliphatic carbocycles. The highest BCUT2D eigenvalue weighted by atomic mass is 32.1. The lowest BCUT2D eigenvalue weighted by Crippen LogP contribution is -2.41. The van der Waals surface area contributed by atoms with Crippen molar-refractivity contribution in [1.82, 2.24) is 15.0 Å². The molecule has 5 rings (SSSR count). The lowest BCUT2D eigenvalue weighted by Gasteiger charge is -2.38. The van der Waals surface area contributed by atoms with E-state index in [9.17, 15) is 28.2 Å². The number of aryl methyl sites for hydroxylation is 1. The third kappa shape index (κ3) is 4.62. The molecule has 35 heavy (non-hydrogen) atoms. The molecule has 3 N–H and O–H groups in total. The van der Waals surface area contributed by atoms with Crippen molar-refractivity contribution in [2.75, 3.05) is 5.32 Å². The fourth-order valence-electron chi connectivity index (χ4n) is 5.43. The topological polar surface area (TPSA) is 108 Å². The molecule has 0 aliphatic heterocycles. The fourth-order valence-corrected chi connectivity index (χ4v) is 6.42. The highest BCUT2D eigenvalue weighted by Crippen LogP contribution is 2.54. The van der Waals surface area contributed by atoms with Gasteiger partial charge in [0.2, 0.25) is 0 Å². The van der Waals surface area contributed by atoms with Crippen LogP contribution in [0.5, 0.6) is 0 Å². The number of nitrogens with one attached hydrogen (secondary N) is 1. The Morgan fingerprint density at radius 2 is 1.86 bits per heavy atom. The first kappa shape index (κ1) is 23.7. The third-order valence-corrected chi connectivity index (χ3v) is 8.09. The van der Waals surface area contributed by atoms with Gasteiger partial charge < -0.3 is 15.5 Å². The van der Waals surface area contributed by atoms with Crippen LogP contribution >= 0.6 is 11.3 Å². The Hall–Kier alpha value is -3.05. The highest BCUT2D eigenvalue weighted by Gasteiger charge is 2.53. The van der Waals surface area contributed by atoms with Crippen LogP contribution in [0.25, 0.3) is 10.6 Å². The Balaban J connectivity index is 1.39. The second-order valence-corrected chi connectivity index (χ2v) is 10.4. The molecule has 3 heterocycles. The Kier molecular flexibility index (Phi) is 5.79. The molecule has 4 atom stereocenters. The van der Waals surface area contributed by atoms with Crippen LogP contribution in [0.1, 0.15) is 41.8 Å². The quantitative estimate of drug-likeness (QED) is 0.428. The largest absolute Gasteiger partial charge is 0.481 e. The molecule has 3 aromatic rings. The average Bonchev–Trinajstić information content (AvgIpc) is 3.38. The standard InChI is InChI=1S/C24H23F3N4O3S/c1-12-6-16(30-19(7-12)31-18-8-15(4-5-28-18)24(25,26)27)17-11-29-22(35-17)23(34)9-13-2-3-14(10-23)20(13)21(32)33/h4-8,11,13-14,20,34H,2-3,9-10H2,1H3,(H,32,33)(H,28,30,31)/t13-,14?,20?,23?/m0/s1. The van der Waals surface area contributed by atoms with Gasteiger partial charge in [-0.1, -0.05) is 0 Å². The van der Waals surface area contributed by atoms with E-state index >= 15 is 0 Å². The zero-order valence-electron chi connectivity index (χ0n) is 18.7. The van der Waals surface area contributed by atoms with E-state index in [1.54, 1.807) is 12.3 Å². The predicted octanol–water partition coefficient (Wildman–Crippen LogP) is 5.38. The number of aliphatic hydroxyl groups is 1. The molecule has 3 aromatic heterocycles. The molecule has 11 heteroatoms. The predicted molar refractivity (Wildman–Crippen MR) is 123 cm³/mol. The lowest BCUT2D eigenvalue weighted by molar-refractivity contribution is -0.150. The Morgan fingerprint density at radius 1 is 1.14 bits per heavy atom. The maximum Gasteiger partial charge on any atom is 0.416 e. The van der Waals surface area contributed by atoms with Gasteiger partial charge in [-0.2, -0.15) is 13.2 Å². The van der Waals surface area contributed by atoms with Gasteiger partial charge in [0.05, 0.1) is 22.1 Å². The van der Waals surface area contributed by atoms with E-state index in [1.165, 1.54) is 11.3 Å². The van der Waals surface area contributed by atoms with Crippen molar-refractivity contribution in [1.29, 1.82) is 0 Å². The van der Waals surface area contributed by atoms with Crippen LogP contribution < -0.4 is 5.32 Å². The first-order valence-corrected chi connectivity index (χ1v) is 12.0. The number of carboxylic acids is 1. The van der Waals surface area contributed by atoms with Crippen LogP contribution in [0, 0.1) is 24.7 Å². The number of anilines is 2. The van der Waals surface area contributed by atoms with Gasteiger partial charge >= 0.3 is 12.1 Å². The molecule has 2 fully saturated rings. The van der Waals surface area contributed by atoms with Crippen molar-refractivity contribution in [2.45, 2.75) is 44.4 Å². The highest BCUT2D eigenvalue weighted by molar-refractivity contribution is 7.15. The first-order chi connectivity index (χ1) is 16.5. The van der Waals surface area contributed by atoms with Crippen LogP contribution in [0.4, 0.5) is 24.8 Å². The zero-order valence-corrected chi connectivity index (χ0v) is 19.5. The van der Waals surface area contributed by atoms with E-state index in [1.807, 2.05) is 13.0 Å². The van der Waals surface area contributed by atoms with Crippen molar-refractivity contribution in [3.05, 3.63) is 52.8 Å². The minimum Gasteiger partial charge on any atom is -0.481 e. The summed E-state index contributed by atoms with van der Waals surface area (Å²) >= 11 is 1.30. The van der Waals surface area contributed by atoms with E-state index in [-0.39, 0.29) is 17.7 Å². The monoisotopic (exact) mass is 504 g/mol. The Bertz CT molecular complexity index is 1260. The van der Waals surface area contributed by atoms with Gasteiger partial charge in [-0.25, -0.2) is 15.0 Å². The molecule has 0 amide bonds. The number of hydrogen-bond donors (Lipinski definition) is 3. The summed E-state index contributed by atoms with van der Waals surface area (Å²) in [5.41, 5.74) is -0.588. The van der Waals surface area contributed by atoms with Gasteiger partial charge in [-0.3, -0.25) is 4.79 Å². The molecule has 0 saturated heterocycles. The molecule has 0 aromatic carbocycles. The summed E-state index contributed by atoms with van der Waals surface area (Å²) in [6.07, 6.45) is 0.542. The first-order valence-electron chi connectivity index (χ1n) is 11.2. The summed E-state index contributed by atoms with van der Waals surface area (Å²) in [6.45, 7) is 1.84. The number of aromatic nitrogens is 3. The summed E-state index contributed by atoms with van der Waals surface area (Å²) in [5, 5.41) is 24.3. The number of rotatable bonds is 5. The summed E-state index contributed by atoms with van der Waals surface area (Å²) in [6, 6.07) is 5.36. The number of hydrogen-bond acceptors (Lipinski definition) is 7. The summed E-state index contributed by atoms with van der Waals surface area (Å²) in [5.74, 6) is -0.993. The maximum absolute atomic E-state index is 13.0. The minimum atomic E-state index is -4.48. The molecule has 0 spiro atoms. The SMILES string of the molecule is Cc1cc(Nc2cc(C(F)(F)F)ccn2)nc(-c2cnc(C3(O)CC4CC[C@@H](C3)C4C(=O)O)s2)c1.